The number of nitrogens with zero attached hydrogens (tertiary/aromatic N) is 2. The maximum atomic E-state index is 13.7. The Kier molecular flexibility index (Phi) is 10.8. The highest BCUT2D eigenvalue weighted by molar-refractivity contribution is 6.06. The second-order valence-electron chi connectivity index (χ2n) is 9.95. The van der Waals surface area contributed by atoms with E-state index in [0.29, 0.717) is 23.5 Å². The number of fused-ring (bicyclic) bond motifs is 1. The maximum absolute atomic E-state index is 13.7. The number of likely N-dealkylation sites (tertiary alicyclic amines) is 1. The van der Waals surface area contributed by atoms with E-state index in [0.717, 1.165) is 53.7 Å². The van der Waals surface area contributed by atoms with Gasteiger partial charge in [0.25, 0.3) is 5.91 Å². The standard InChI is InChI=1S/C32H33N5O2.2ClH/c1-22(33)36-17-15-30(16-18-36)39-29-13-11-28(12-14-29)37(32(38)25-5-3-2-4-6-25)21-23-7-8-24-9-10-26(31(34)35)20-27(24)19-23;;/h2-14,19-20,30,33H,15-18,21H2,1H3,(H3,34,35);2*1H. The summed E-state index contributed by atoms with van der Waals surface area (Å²) in [5.41, 5.74) is 8.74. The minimum absolute atomic E-state index is 0. The van der Waals surface area contributed by atoms with Crippen LogP contribution in [-0.2, 0) is 6.54 Å². The van der Waals surface area contributed by atoms with Crippen LogP contribution in [0, 0.1) is 10.8 Å². The van der Waals surface area contributed by atoms with E-state index < -0.39 is 0 Å². The predicted octanol–water partition coefficient (Wildman–Crippen LogP) is 6.65. The van der Waals surface area contributed by atoms with E-state index in [1.54, 1.807) is 4.90 Å². The highest BCUT2D eigenvalue weighted by atomic mass is 35.5. The minimum Gasteiger partial charge on any atom is -0.490 e. The van der Waals surface area contributed by atoms with Gasteiger partial charge in [0.2, 0.25) is 0 Å². The lowest BCUT2D eigenvalue weighted by Crippen LogP contribution is -2.40. The van der Waals surface area contributed by atoms with Gasteiger partial charge in [-0.2, -0.15) is 0 Å². The van der Waals surface area contributed by atoms with Gasteiger partial charge in [-0.05, 0) is 71.8 Å². The minimum atomic E-state index is -0.0868. The van der Waals surface area contributed by atoms with Gasteiger partial charge in [-0.1, -0.05) is 42.5 Å². The number of nitrogens with two attached hydrogens (primary N) is 1. The molecule has 1 aliphatic heterocycles. The Morgan fingerprint density at radius 2 is 1.54 bits per heavy atom. The van der Waals surface area contributed by atoms with Crippen LogP contribution < -0.4 is 15.4 Å². The van der Waals surface area contributed by atoms with Gasteiger partial charge in [-0.15, -0.1) is 24.8 Å². The number of hydrogen-bond acceptors (Lipinski definition) is 4. The fourth-order valence-electron chi connectivity index (χ4n) is 4.97. The topological polar surface area (TPSA) is 106 Å². The molecular weight excluding hydrogens is 557 g/mol. The van der Waals surface area contributed by atoms with Crippen molar-refractivity contribution >= 4 is 58.9 Å². The molecule has 0 saturated carbocycles. The van der Waals surface area contributed by atoms with E-state index in [4.69, 9.17) is 21.3 Å². The lowest BCUT2D eigenvalue weighted by Gasteiger charge is -2.33. The molecule has 0 aromatic heterocycles. The molecule has 0 bridgehead atoms. The molecule has 4 aromatic carbocycles. The number of carbonyl (C=O) groups excluding carboxylic acids is 1. The van der Waals surface area contributed by atoms with Gasteiger partial charge < -0.3 is 20.3 Å². The highest BCUT2D eigenvalue weighted by Gasteiger charge is 2.22. The Morgan fingerprint density at radius 1 is 0.878 bits per heavy atom. The number of amides is 1. The number of benzene rings is 4. The second kappa shape index (κ2) is 14.0. The number of nitrogens with one attached hydrogen (secondary N) is 2. The predicted molar refractivity (Wildman–Crippen MR) is 171 cm³/mol. The molecule has 7 nitrogen and oxygen atoms in total. The molecular formula is C32H35Cl2N5O2. The van der Waals surface area contributed by atoms with Crippen molar-refractivity contribution in [2.75, 3.05) is 18.0 Å². The summed E-state index contributed by atoms with van der Waals surface area (Å²) in [4.78, 5) is 17.5. The molecule has 41 heavy (non-hydrogen) atoms. The summed E-state index contributed by atoms with van der Waals surface area (Å²) in [6.45, 7) is 3.87. The van der Waals surface area contributed by atoms with Crippen molar-refractivity contribution in [2.45, 2.75) is 32.4 Å². The van der Waals surface area contributed by atoms with Gasteiger partial charge in [-0.3, -0.25) is 15.6 Å². The van der Waals surface area contributed by atoms with Crippen LogP contribution in [0.3, 0.4) is 0 Å². The fraction of sp³-hybridized carbons (Fsp3) is 0.219. The van der Waals surface area contributed by atoms with Gasteiger partial charge in [-0.25, -0.2) is 0 Å². The molecule has 214 valence electrons. The number of hydrogen-bond donors (Lipinski definition) is 3. The number of amidine groups is 2. The first-order valence-electron chi connectivity index (χ1n) is 13.2. The second-order valence-corrected chi connectivity index (χ2v) is 9.95. The van der Waals surface area contributed by atoms with Crippen LogP contribution in [0.2, 0.25) is 0 Å². The molecule has 4 N–H and O–H groups in total. The number of piperidine rings is 1. The Labute approximate surface area is 253 Å². The van der Waals surface area contributed by atoms with E-state index in [1.807, 2.05) is 97.9 Å². The van der Waals surface area contributed by atoms with Gasteiger partial charge in [0.15, 0.2) is 0 Å². The number of anilines is 1. The van der Waals surface area contributed by atoms with Gasteiger partial charge in [0, 0.05) is 42.7 Å². The zero-order valence-electron chi connectivity index (χ0n) is 22.9. The summed E-state index contributed by atoms with van der Waals surface area (Å²) in [6.07, 6.45) is 1.87. The smallest absolute Gasteiger partial charge is 0.258 e. The summed E-state index contributed by atoms with van der Waals surface area (Å²) in [5, 5.41) is 17.6. The number of halogens is 2. The molecule has 9 heteroatoms. The third-order valence-electron chi connectivity index (χ3n) is 7.19. The molecule has 0 spiro atoms. The molecule has 0 atom stereocenters. The van der Waals surface area contributed by atoms with Crippen molar-refractivity contribution in [3.8, 4) is 5.75 Å². The van der Waals surface area contributed by atoms with Crippen molar-refractivity contribution in [3.05, 3.63) is 108 Å². The van der Waals surface area contributed by atoms with Crippen LogP contribution in [-0.4, -0.2) is 41.7 Å². The zero-order chi connectivity index (χ0) is 27.4. The largest absolute Gasteiger partial charge is 0.490 e. The van der Waals surface area contributed by atoms with Gasteiger partial charge >= 0.3 is 0 Å². The van der Waals surface area contributed by atoms with Crippen LogP contribution in [0.5, 0.6) is 5.75 Å². The van der Waals surface area contributed by atoms with Gasteiger partial charge in [0.1, 0.15) is 17.7 Å². The van der Waals surface area contributed by atoms with Crippen molar-refractivity contribution < 1.29 is 9.53 Å². The molecule has 4 aromatic rings. The van der Waals surface area contributed by atoms with Crippen molar-refractivity contribution in [2.24, 2.45) is 5.73 Å². The molecule has 1 fully saturated rings. The molecule has 1 heterocycles. The van der Waals surface area contributed by atoms with Crippen LogP contribution in [0.4, 0.5) is 5.69 Å². The molecule has 5 rings (SSSR count). The first-order chi connectivity index (χ1) is 18.9. The number of nitrogen functional groups attached to an aromatic ring is 1. The molecule has 0 radical (unpaired) electrons. The summed E-state index contributed by atoms with van der Waals surface area (Å²) in [7, 11) is 0. The van der Waals surface area contributed by atoms with E-state index in [1.165, 1.54) is 0 Å². The summed E-state index contributed by atoms with van der Waals surface area (Å²) >= 11 is 0. The van der Waals surface area contributed by atoms with Crippen LogP contribution in [0.1, 0.15) is 41.3 Å². The van der Waals surface area contributed by atoms with Gasteiger partial charge in [0.05, 0.1) is 12.4 Å². The van der Waals surface area contributed by atoms with Crippen molar-refractivity contribution in [3.63, 3.8) is 0 Å². The third-order valence-corrected chi connectivity index (χ3v) is 7.19. The van der Waals surface area contributed by atoms with E-state index in [2.05, 4.69) is 4.90 Å². The third kappa shape index (κ3) is 7.57. The highest BCUT2D eigenvalue weighted by Crippen LogP contribution is 2.27. The lowest BCUT2D eigenvalue weighted by atomic mass is 10.0. The first-order valence-corrected chi connectivity index (χ1v) is 13.2. The molecule has 1 aliphatic rings. The number of rotatable bonds is 7. The first kappa shape index (κ1) is 31.5. The maximum Gasteiger partial charge on any atom is 0.258 e. The average molecular weight is 593 g/mol. The van der Waals surface area contributed by atoms with Crippen molar-refractivity contribution in [1.82, 2.24) is 4.90 Å². The zero-order valence-corrected chi connectivity index (χ0v) is 24.5. The Hall–Kier alpha value is -4.07. The normalized spacial score (nSPS) is 13.0. The van der Waals surface area contributed by atoms with E-state index in [-0.39, 0.29) is 42.7 Å². The van der Waals surface area contributed by atoms with E-state index in [9.17, 15) is 4.79 Å². The number of carbonyl (C=O) groups is 1. The molecule has 0 aliphatic carbocycles. The lowest BCUT2D eigenvalue weighted by molar-refractivity contribution is 0.0985. The molecule has 0 unspecified atom stereocenters. The van der Waals surface area contributed by atoms with Crippen LogP contribution in [0.15, 0.2) is 91.0 Å². The SMILES string of the molecule is CC(=N)N1CCC(Oc2ccc(N(Cc3ccc4ccc(C(=N)N)cc4c3)C(=O)c3ccccc3)cc2)CC1.Cl.Cl. The quantitative estimate of drug-likeness (QED) is 0.165. The fourth-order valence-corrected chi connectivity index (χ4v) is 4.97. The Morgan fingerprint density at radius 3 is 2.17 bits per heavy atom. The van der Waals surface area contributed by atoms with Crippen LogP contribution >= 0.6 is 24.8 Å². The summed E-state index contributed by atoms with van der Waals surface area (Å²) < 4.78 is 6.23. The molecule has 1 amide bonds. The van der Waals surface area contributed by atoms with Crippen LogP contribution in [0.25, 0.3) is 10.8 Å². The van der Waals surface area contributed by atoms with Crippen molar-refractivity contribution in [1.29, 1.82) is 10.8 Å². The number of ether oxygens (including phenoxy) is 1. The Bertz CT molecular complexity index is 1500. The molecule has 1 saturated heterocycles. The summed E-state index contributed by atoms with van der Waals surface area (Å²) in [6, 6.07) is 28.8. The monoisotopic (exact) mass is 591 g/mol. The average Bonchev–Trinajstić information content (AvgIpc) is 2.96. The van der Waals surface area contributed by atoms with E-state index >= 15 is 0 Å². The Balaban J connectivity index is 0.00000231. The summed E-state index contributed by atoms with van der Waals surface area (Å²) in [5.74, 6) is 1.32.